The fourth-order valence-electron chi connectivity index (χ4n) is 4.75. The molecule has 0 N–H and O–H groups in total. The Balaban J connectivity index is 2.45. The van der Waals surface area contributed by atoms with Gasteiger partial charge < -0.3 is 19.3 Å². The predicted octanol–water partition coefficient (Wildman–Crippen LogP) is 7.23. The van der Waals surface area contributed by atoms with Crippen LogP contribution >= 0.6 is 0 Å². The molecule has 1 heterocycles. The maximum absolute atomic E-state index is 13.5. The maximum Gasteiger partial charge on any atom is 0.308 e. The summed E-state index contributed by atoms with van der Waals surface area (Å²) >= 11 is 0. The van der Waals surface area contributed by atoms with Crippen molar-refractivity contribution in [1.82, 2.24) is 4.90 Å². The van der Waals surface area contributed by atoms with E-state index in [9.17, 15) is 25.4 Å². The Morgan fingerprint density at radius 1 is 0.933 bits per heavy atom. The van der Waals surface area contributed by atoms with Gasteiger partial charge in [-0.1, -0.05) is 60.0 Å². The average Bonchev–Trinajstić information content (AvgIpc) is 3.30. The van der Waals surface area contributed by atoms with Crippen molar-refractivity contribution < 1.29 is 19.1 Å². The second kappa shape index (κ2) is 19.7. The zero-order valence-electron chi connectivity index (χ0n) is 27.5. The summed E-state index contributed by atoms with van der Waals surface area (Å²) in [5, 5.41) is 29.1. The summed E-state index contributed by atoms with van der Waals surface area (Å²) in [6.07, 6.45) is 10.5. The second-order valence-electron chi connectivity index (χ2n) is 11.3. The van der Waals surface area contributed by atoms with Gasteiger partial charge >= 0.3 is 5.97 Å². The van der Waals surface area contributed by atoms with Crippen LogP contribution in [0.2, 0.25) is 0 Å². The predicted molar refractivity (Wildman–Crippen MR) is 176 cm³/mol. The Hall–Kier alpha value is -4.55. The molecule has 9 nitrogen and oxygen atoms in total. The summed E-state index contributed by atoms with van der Waals surface area (Å²) in [5.74, 6) is -0.152. The number of benzene rings is 1. The molecule has 2 rings (SSSR count). The van der Waals surface area contributed by atoms with Gasteiger partial charge in [-0.15, -0.1) is 0 Å². The Labute approximate surface area is 269 Å². The lowest BCUT2D eigenvalue weighted by atomic mass is 10.0. The van der Waals surface area contributed by atoms with Gasteiger partial charge in [-0.2, -0.15) is 15.8 Å². The Bertz CT molecular complexity index is 1360. The van der Waals surface area contributed by atoms with E-state index >= 15 is 0 Å². The molecule has 0 radical (unpaired) electrons. The molecule has 9 heteroatoms. The lowest BCUT2D eigenvalue weighted by Crippen LogP contribution is -2.27. The van der Waals surface area contributed by atoms with Crippen molar-refractivity contribution in [2.45, 2.75) is 86.0 Å². The third-order valence-electron chi connectivity index (χ3n) is 7.43. The Morgan fingerprint density at radius 2 is 1.58 bits per heavy atom. The number of esters is 1. The molecule has 0 unspecified atom stereocenters. The molecule has 0 aromatic heterocycles. The summed E-state index contributed by atoms with van der Waals surface area (Å²) in [5.41, 5.74) is 1.75. The summed E-state index contributed by atoms with van der Waals surface area (Å²) < 4.78 is 11.5. The highest BCUT2D eigenvalue weighted by Gasteiger charge is 2.36. The first-order valence-electron chi connectivity index (χ1n) is 16.1. The molecule has 0 spiro atoms. The zero-order valence-corrected chi connectivity index (χ0v) is 27.5. The summed E-state index contributed by atoms with van der Waals surface area (Å²) in [6.45, 7) is 12.8. The highest BCUT2D eigenvalue weighted by atomic mass is 16.5. The molecule has 240 valence electrons. The molecule has 45 heavy (non-hydrogen) atoms. The van der Waals surface area contributed by atoms with Crippen molar-refractivity contribution in [3.8, 4) is 24.0 Å². The van der Waals surface area contributed by atoms with E-state index in [1.807, 2.05) is 37.3 Å². The first-order chi connectivity index (χ1) is 21.8. The molecule has 1 aliphatic heterocycles. The van der Waals surface area contributed by atoms with Gasteiger partial charge in [-0.25, -0.2) is 0 Å². The molecule has 0 aliphatic carbocycles. The first kappa shape index (κ1) is 36.6. The van der Waals surface area contributed by atoms with Crippen LogP contribution in [0.25, 0.3) is 6.08 Å². The fourth-order valence-corrected chi connectivity index (χ4v) is 4.75. The quantitative estimate of drug-likeness (QED) is 0.0907. The number of hydrogen-bond acceptors (Lipinski definition) is 8. The third-order valence-corrected chi connectivity index (χ3v) is 7.43. The number of carbonyl (C=O) groups excluding carboxylic acids is 2. The first-order valence-corrected chi connectivity index (χ1v) is 16.1. The molecule has 1 amide bonds. The number of anilines is 1. The van der Waals surface area contributed by atoms with Crippen molar-refractivity contribution in [2.24, 2.45) is 5.92 Å². The standard InChI is InChI=1S/C36H47N5O4/c1-6-9-18-40(19-10-7-2)30-16-14-28(33(23-30)44-21-12-13-22-45-36(43)27(4)5)15-17-31-32(26-39)34(29(24-37)25-38)41(35(31)42)20-11-8-3/h14-17,23,27H,6-13,18-22H2,1-5H3/b17-15+. The number of nitrogens with zero attached hydrogens (tertiary/aromatic N) is 5. The molecule has 0 fully saturated rings. The van der Waals surface area contributed by atoms with Gasteiger partial charge in [0.25, 0.3) is 5.91 Å². The Morgan fingerprint density at radius 3 is 2.16 bits per heavy atom. The lowest BCUT2D eigenvalue weighted by molar-refractivity contribution is -0.147. The van der Waals surface area contributed by atoms with Crippen LogP contribution in [0, 0.1) is 39.9 Å². The van der Waals surface area contributed by atoms with Gasteiger partial charge in [0.2, 0.25) is 0 Å². The largest absolute Gasteiger partial charge is 0.493 e. The van der Waals surface area contributed by atoms with Crippen LogP contribution in [0.5, 0.6) is 5.75 Å². The van der Waals surface area contributed by atoms with Crippen molar-refractivity contribution >= 4 is 23.6 Å². The number of amides is 1. The number of allylic oxidation sites excluding steroid dienone is 2. The van der Waals surface area contributed by atoms with Crippen molar-refractivity contribution in [3.63, 3.8) is 0 Å². The summed E-state index contributed by atoms with van der Waals surface area (Å²) in [7, 11) is 0. The van der Waals surface area contributed by atoms with Crippen molar-refractivity contribution in [2.75, 3.05) is 37.7 Å². The normalized spacial score (nSPS) is 12.8. The van der Waals surface area contributed by atoms with Gasteiger partial charge in [-0.3, -0.25) is 9.59 Å². The SMILES string of the molecule is CCCCN1C(=O)C(/C=C/c2ccc(N(CCCC)CCCC)cc2OCCCCOC(=O)C(C)C)=C(C#N)C1=C(C#N)C#N. The summed E-state index contributed by atoms with van der Waals surface area (Å²) in [4.78, 5) is 29.0. The van der Waals surface area contributed by atoms with Gasteiger partial charge in [0, 0.05) is 37.0 Å². The molecular weight excluding hydrogens is 566 g/mol. The molecule has 0 saturated heterocycles. The molecular formula is C36H47N5O4. The number of unbranched alkanes of at least 4 members (excludes halogenated alkanes) is 4. The molecule has 1 aromatic carbocycles. The van der Waals surface area contributed by atoms with Crippen molar-refractivity contribution in [3.05, 3.63) is 52.3 Å². The Kier molecular flexibility index (Phi) is 16.0. The van der Waals surface area contributed by atoms with Crippen LogP contribution in [0.3, 0.4) is 0 Å². The van der Waals surface area contributed by atoms with E-state index in [0.29, 0.717) is 44.8 Å². The van der Waals surface area contributed by atoms with E-state index in [2.05, 4.69) is 24.8 Å². The molecule has 0 bridgehead atoms. The van der Waals surface area contributed by atoms with E-state index in [1.54, 1.807) is 26.0 Å². The topological polar surface area (TPSA) is 130 Å². The van der Waals surface area contributed by atoms with E-state index in [1.165, 1.54) is 4.90 Å². The van der Waals surface area contributed by atoms with E-state index in [4.69, 9.17) is 9.47 Å². The molecule has 1 aromatic rings. The van der Waals surface area contributed by atoms with Gasteiger partial charge in [0.05, 0.1) is 36.0 Å². The van der Waals surface area contributed by atoms with E-state index in [-0.39, 0.29) is 34.3 Å². The zero-order chi connectivity index (χ0) is 33.2. The molecule has 0 atom stereocenters. The molecule has 1 aliphatic rings. The van der Waals surface area contributed by atoms with Crippen LogP contribution in [-0.4, -0.2) is 49.6 Å². The van der Waals surface area contributed by atoms with Crippen LogP contribution in [0.4, 0.5) is 5.69 Å². The van der Waals surface area contributed by atoms with Crippen LogP contribution in [-0.2, 0) is 14.3 Å². The highest BCUT2D eigenvalue weighted by Crippen LogP contribution is 2.34. The second-order valence-corrected chi connectivity index (χ2v) is 11.3. The lowest BCUT2D eigenvalue weighted by Gasteiger charge is -2.25. The minimum absolute atomic E-state index is 0.0193. The van der Waals surface area contributed by atoms with Gasteiger partial charge in [-0.05, 0) is 50.3 Å². The van der Waals surface area contributed by atoms with E-state index in [0.717, 1.165) is 56.4 Å². The average molecular weight is 614 g/mol. The number of carbonyl (C=O) groups is 2. The highest BCUT2D eigenvalue weighted by molar-refractivity contribution is 6.05. The monoisotopic (exact) mass is 613 g/mol. The number of nitriles is 3. The van der Waals surface area contributed by atoms with Crippen LogP contribution in [0.1, 0.15) is 91.5 Å². The number of rotatable bonds is 19. The van der Waals surface area contributed by atoms with Crippen LogP contribution < -0.4 is 9.64 Å². The minimum Gasteiger partial charge on any atom is -0.493 e. The maximum atomic E-state index is 13.5. The fraction of sp³-hybridized carbons (Fsp3) is 0.528. The third kappa shape index (κ3) is 10.5. The van der Waals surface area contributed by atoms with E-state index < -0.39 is 5.91 Å². The van der Waals surface area contributed by atoms with Crippen molar-refractivity contribution in [1.29, 1.82) is 15.8 Å². The van der Waals surface area contributed by atoms with Crippen LogP contribution in [0.15, 0.2) is 46.7 Å². The smallest absolute Gasteiger partial charge is 0.308 e. The number of hydrogen-bond donors (Lipinski definition) is 0. The van der Waals surface area contributed by atoms with Gasteiger partial charge in [0.15, 0.2) is 5.57 Å². The molecule has 0 saturated carbocycles. The summed E-state index contributed by atoms with van der Waals surface area (Å²) in [6, 6.07) is 11.8. The van der Waals surface area contributed by atoms with Gasteiger partial charge in [0.1, 0.15) is 24.0 Å². The number of ether oxygens (including phenoxy) is 2. The minimum atomic E-state index is -0.408.